The Bertz CT molecular complexity index is 455. The average molecular weight is 300 g/mol. The van der Waals surface area contributed by atoms with Crippen LogP contribution in [-0.4, -0.2) is 17.6 Å². The van der Waals surface area contributed by atoms with Gasteiger partial charge in [-0.3, -0.25) is 14.6 Å². The normalized spacial score (nSPS) is 11.2. The van der Waals surface area contributed by atoms with E-state index in [1.54, 1.807) is 0 Å². The van der Waals surface area contributed by atoms with Crippen LogP contribution < -0.4 is 10.3 Å². The monoisotopic (exact) mass is 299 g/mol. The van der Waals surface area contributed by atoms with Crippen LogP contribution in [0.3, 0.4) is 0 Å². The van der Waals surface area contributed by atoms with Crippen molar-refractivity contribution in [2.45, 2.75) is 11.7 Å². The molecule has 0 aromatic carbocycles. The minimum absolute atomic E-state index is 0.0687. The fraction of sp³-hybridized carbons (Fsp3) is 0.250. The molecule has 1 heterocycles. The summed E-state index contributed by atoms with van der Waals surface area (Å²) < 4.78 is 39.4. The third kappa shape index (κ3) is 3.09. The van der Waals surface area contributed by atoms with Crippen molar-refractivity contribution in [3.63, 3.8) is 0 Å². The van der Waals surface area contributed by atoms with E-state index in [1.165, 1.54) is 0 Å². The highest BCUT2D eigenvalue weighted by Crippen LogP contribution is 2.24. The zero-order valence-corrected chi connectivity index (χ0v) is 9.18. The van der Waals surface area contributed by atoms with Crippen molar-refractivity contribution in [2.24, 2.45) is 0 Å². The Morgan fingerprint density at radius 1 is 1.50 bits per heavy atom. The Kier molecular flexibility index (Phi) is 3.74. The number of carbonyl (C=O) groups is 1. The number of H-pyrrole nitrogens is 1. The van der Waals surface area contributed by atoms with Gasteiger partial charge in [0.15, 0.2) is 6.29 Å². The molecule has 0 aliphatic rings. The largest absolute Gasteiger partial charge is 0.574 e. The smallest absolute Gasteiger partial charge is 0.389 e. The van der Waals surface area contributed by atoms with Crippen molar-refractivity contribution in [2.75, 3.05) is 0 Å². The van der Waals surface area contributed by atoms with Crippen molar-refractivity contribution < 1.29 is 22.7 Å². The molecule has 1 N–H and O–H groups in total. The molecule has 0 amide bonds. The maximum Gasteiger partial charge on any atom is 0.574 e. The van der Waals surface area contributed by atoms with Crippen LogP contribution in [0.5, 0.6) is 5.88 Å². The van der Waals surface area contributed by atoms with Gasteiger partial charge in [0, 0.05) is 11.4 Å². The summed E-state index contributed by atoms with van der Waals surface area (Å²) in [5, 5.41) is 0.0687. The lowest BCUT2D eigenvalue weighted by Gasteiger charge is -2.11. The van der Waals surface area contributed by atoms with Gasteiger partial charge in [0.05, 0.1) is 5.56 Å². The first-order valence-electron chi connectivity index (χ1n) is 3.90. The van der Waals surface area contributed by atoms with E-state index < -0.39 is 17.8 Å². The molecule has 0 spiro atoms. The van der Waals surface area contributed by atoms with Crippen LogP contribution in [0, 0.1) is 0 Å². The summed E-state index contributed by atoms with van der Waals surface area (Å²) >= 11 is 2.95. The Morgan fingerprint density at radius 2 is 2.12 bits per heavy atom. The molecule has 0 aliphatic carbocycles. The van der Waals surface area contributed by atoms with Gasteiger partial charge in [-0.25, -0.2) is 0 Å². The molecule has 0 radical (unpaired) electrons. The van der Waals surface area contributed by atoms with E-state index in [0.29, 0.717) is 0 Å². The fourth-order valence-electron chi connectivity index (χ4n) is 1.03. The Hall–Kier alpha value is -1.31. The molecule has 4 nitrogen and oxygen atoms in total. The van der Waals surface area contributed by atoms with Crippen LogP contribution in [0.4, 0.5) is 13.2 Å². The molecule has 88 valence electrons. The lowest BCUT2D eigenvalue weighted by atomic mass is 10.2. The quantitative estimate of drug-likeness (QED) is 0.686. The SMILES string of the molecule is O=Cc1c(CBr)cc(=O)[nH]c1OC(F)(F)F. The summed E-state index contributed by atoms with van der Waals surface area (Å²) in [7, 11) is 0. The molecule has 16 heavy (non-hydrogen) atoms. The van der Waals surface area contributed by atoms with Gasteiger partial charge >= 0.3 is 6.36 Å². The maximum absolute atomic E-state index is 12.0. The van der Waals surface area contributed by atoms with Crippen LogP contribution in [-0.2, 0) is 5.33 Å². The van der Waals surface area contributed by atoms with Gasteiger partial charge in [-0.05, 0) is 5.56 Å². The van der Waals surface area contributed by atoms with Crippen LogP contribution in [0.2, 0.25) is 0 Å². The van der Waals surface area contributed by atoms with Gasteiger partial charge in [-0.15, -0.1) is 13.2 Å². The summed E-state index contributed by atoms with van der Waals surface area (Å²) in [6.45, 7) is 0. The first kappa shape index (κ1) is 12.8. The number of aldehydes is 1. The zero-order valence-electron chi connectivity index (χ0n) is 7.60. The number of halogens is 4. The topological polar surface area (TPSA) is 59.2 Å². The number of hydrogen-bond acceptors (Lipinski definition) is 3. The Morgan fingerprint density at radius 3 is 2.56 bits per heavy atom. The molecular formula is C8H5BrF3NO3. The van der Waals surface area contributed by atoms with E-state index in [4.69, 9.17) is 0 Å². The van der Waals surface area contributed by atoms with Gasteiger partial charge in [-0.1, -0.05) is 15.9 Å². The molecule has 0 saturated heterocycles. The highest BCUT2D eigenvalue weighted by molar-refractivity contribution is 9.08. The first-order valence-corrected chi connectivity index (χ1v) is 5.02. The molecule has 0 unspecified atom stereocenters. The minimum Gasteiger partial charge on any atom is -0.389 e. The summed E-state index contributed by atoms with van der Waals surface area (Å²) in [4.78, 5) is 23.4. The summed E-state index contributed by atoms with van der Waals surface area (Å²) in [6, 6.07) is 1.02. The molecule has 0 saturated carbocycles. The van der Waals surface area contributed by atoms with Crippen LogP contribution in [0.15, 0.2) is 10.9 Å². The highest BCUT2D eigenvalue weighted by Gasteiger charge is 2.33. The Labute approximate surface area is 95.5 Å². The number of carbonyl (C=O) groups excluding carboxylic acids is 1. The predicted octanol–water partition coefficient (Wildman–Crippen LogP) is 1.98. The van der Waals surface area contributed by atoms with Gasteiger partial charge in [0.2, 0.25) is 5.88 Å². The van der Waals surface area contributed by atoms with Crippen molar-refractivity contribution in [1.82, 2.24) is 4.98 Å². The zero-order chi connectivity index (χ0) is 12.3. The molecule has 0 aliphatic heterocycles. The van der Waals surface area contributed by atoms with E-state index in [2.05, 4.69) is 20.7 Å². The van der Waals surface area contributed by atoms with Gasteiger partial charge < -0.3 is 4.74 Å². The van der Waals surface area contributed by atoms with Crippen LogP contribution in [0.25, 0.3) is 0 Å². The minimum atomic E-state index is -4.97. The molecule has 0 atom stereocenters. The number of hydrogen-bond donors (Lipinski definition) is 1. The van der Waals surface area contributed by atoms with Crippen molar-refractivity contribution in [3.8, 4) is 5.88 Å². The standard InChI is InChI=1S/C8H5BrF3NO3/c9-2-4-1-6(15)13-7(5(4)3-14)16-8(10,11)12/h1,3H,2H2,(H,13,15). The number of alkyl halides is 4. The van der Waals surface area contributed by atoms with E-state index in [0.717, 1.165) is 6.07 Å². The third-order valence-electron chi connectivity index (χ3n) is 1.61. The molecule has 0 bridgehead atoms. The molecule has 1 rings (SSSR count). The average Bonchev–Trinajstić information content (AvgIpc) is 2.14. The number of nitrogens with one attached hydrogen (secondary N) is 1. The number of rotatable bonds is 3. The Balaban J connectivity index is 3.31. The molecule has 1 aromatic rings. The van der Waals surface area contributed by atoms with E-state index in [9.17, 15) is 22.8 Å². The summed E-state index contributed by atoms with van der Waals surface area (Å²) in [5.74, 6) is -0.899. The summed E-state index contributed by atoms with van der Waals surface area (Å²) in [5.41, 5.74) is -0.994. The van der Waals surface area contributed by atoms with Crippen LogP contribution >= 0.6 is 15.9 Å². The second-order valence-corrected chi connectivity index (χ2v) is 3.26. The molecular weight excluding hydrogens is 295 g/mol. The summed E-state index contributed by atoms with van der Waals surface area (Å²) in [6.07, 6.45) is -4.78. The third-order valence-corrected chi connectivity index (χ3v) is 2.22. The lowest BCUT2D eigenvalue weighted by molar-refractivity contribution is -0.276. The van der Waals surface area contributed by atoms with Gasteiger partial charge in [0.1, 0.15) is 0 Å². The maximum atomic E-state index is 12.0. The number of ether oxygens (including phenoxy) is 1. The number of pyridine rings is 1. The molecule has 8 heteroatoms. The molecule has 1 aromatic heterocycles. The van der Waals surface area contributed by atoms with Crippen molar-refractivity contribution >= 4 is 22.2 Å². The van der Waals surface area contributed by atoms with Gasteiger partial charge in [-0.2, -0.15) is 0 Å². The highest BCUT2D eigenvalue weighted by atomic mass is 79.9. The second-order valence-electron chi connectivity index (χ2n) is 2.70. The first-order chi connectivity index (χ1) is 7.37. The van der Waals surface area contributed by atoms with E-state index in [1.807, 2.05) is 4.98 Å². The van der Waals surface area contributed by atoms with Crippen molar-refractivity contribution in [1.29, 1.82) is 0 Å². The van der Waals surface area contributed by atoms with Crippen LogP contribution in [0.1, 0.15) is 15.9 Å². The number of aromatic amines is 1. The van der Waals surface area contributed by atoms with Crippen molar-refractivity contribution in [3.05, 3.63) is 27.5 Å². The van der Waals surface area contributed by atoms with Gasteiger partial charge in [0.25, 0.3) is 5.56 Å². The van der Waals surface area contributed by atoms with E-state index >= 15 is 0 Å². The number of aromatic nitrogens is 1. The fourth-order valence-corrected chi connectivity index (χ4v) is 1.50. The molecule has 0 fully saturated rings. The predicted molar refractivity (Wildman–Crippen MR) is 51.8 cm³/mol. The van der Waals surface area contributed by atoms with E-state index in [-0.39, 0.29) is 22.7 Å². The lowest BCUT2D eigenvalue weighted by Crippen LogP contribution is -2.22. The second kappa shape index (κ2) is 4.69.